The Balaban J connectivity index is 2.05. The molecule has 0 fully saturated rings. The van der Waals surface area contributed by atoms with E-state index < -0.39 is 0 Å². The molecule has 2 heterocycles. The van der Waals surface area contributed by atoms with E-state index in [9.17, 15) is 0 Å². The Hall–Kier alpha value is -1.19. The number of aromatic nitrogens is 5. The van der Waals surface area contributed by atoms with Crippen molar-refractivity contribution in [2.45, 2.75) is 17.8 Å². The Morgan fingerprint density at radius 2 is 2.25 bits per heavy atom. The summed E-state index contributed by atoms with van der Waals surface area (Å²) in [6.45, 7) is 1.91. The number of hydrogen-bond donors (Lipinski definition) is 2. The van der Waals surface area contributed by atoms with Crippen molar-refractivity contribution < 1.29 is 0 Å². The van der Waals surface area contributed by atoms with Gasteiger partial charge in [0.25, 0.3) is 0 Å². The number of nitrogens with one attached hydrogen (secondary N) is 1. The Morgan fingerprint density at radius 1 is 1.44 bits per heavy atom. The summed E-state index contributed by atoms with van der Waals surface area (Å²) in [4.78, 5) is 0. The lowest BCUT2D eigenvalue weighted by molar-refractivity contribution is 0.765. The van der Waals surface area contributed by atoms with Crippen LogP contribution in [0, 0.1) is 6.92 Å². The van der Waals surface area contributed by atoms with Crippen LogP contribution in [0.15, 0.2) is 5.16 Å². The van der Waals surface area contributed by atoms with Crippen LogP contribution in [0.1, 0.15) is 11.5 Å². The first-order chi connectivity index (χ1) is 7.72. The topological polar surface area (TPSA) is 94.5 Å². The second-order valence-corrected chi connectivity index (χ2v) is 4.77. The summed E-state index contributed by atoms with van der Waals surface area (Å²) in [6, 6.07) is 0. The molecule has 0 spiro atoms. The lowest BCUT2D eigenvalue weighted by Crippen LogP contribution is -2.07. The number of nitrogen functional groups attached to an aromatic ring is 1. The number of hydrogen-bond acceptors (Lipinski definition) is 8. The third-order valence-corrected chi connectivity index (χ3v) is 3.81. The highest BCUT2D eigenvalue weighted by Crippen LogP contribution is 2.25. The second kappa shape index (κ2) is 4.76. The van der Waals surface area contributed by atoms with Gasteiger partial charge in [0, 0.05) is 24.3 Å². The van der Waals surface area contributed by atoms with Gasteiger partial charge in [0.1, 0.15) is 16.5 Å². The molecule has 16 heavy (non-hydrogen) atoms. The molecule has 0 aromatic carbocycles. The van der Waals surface area contributed by atoms with E-state index in [0.717, 1.165) is 21.7 Å². The maximum Gasteiger partial charge on any atom is 0.191 e. The summed E-state index contributed by atoms with van der Waals surface area (Å²) in [7, 11) is 1.93. The molecule has 7 nitrogen and oxygen atoms in total. The molecular weight excluding hydrogens is 246 g/mol. The van der Waals surface area contributed by atoms with E-state index in [2.05, 4.69) is 25.2 Å². The van der Waals surface area contributed by atoms with Crippen molar-refractivity contribution in [3.63, 3.8) is 0 Å². The minimum atomic E-state index is 0.669. The Morgan fingerprint density at radius 3 is 2.88 bits per heavy atom. The molecule has 2 aromatic rings. The molecular formula is C7H11N7S2. The quantitative estimate of drug-likeness (QED) is 0.469. The van der Waals surface area contributed by atoms with Gasteiger partial charge >= 0.3 is 0 Å². The van der Waals surface area contributed by atoms with E-state index in [-0.39, 0.29) is 0 Å². The fourth-order valence-corrected chi connectivity index (χ4v) is 2.53. The first-order valence-electron chi connectivity index (χ1n) is 4.49. The first kappa shape index (κ1) is 11.3. The SMILES string of the molecule is Cc1nnc(SCc2nnsc2NN)n1C. The minimum absolute atomic E-state index is 0.669. The number of thioether (sulfide) groups is 1. The van der Waals surface area contributed by atoms with Crippen molar-refractivity contribution in [2.24, 2.45) is 12.9 Å². The van der Waals surface area contributed by atoms with Gasteiger partial charge in [0.15, 0.2) is 5.16 Å². The number of rotatable bonds is 4. The van der Waals surface area contributed by atoms with E-state index in [1.54, 1.807) is 11.8 Å². The van der Waals surface area contributed by atoms with Crippen LogP contribution in [0.4, 0.5) is 5.00 Å². The molecule has 0 aliphatic carbocycles. The van der Waals surface area contributed by atoms with Crippen molar-refractivity contribution in [3.05, 3.63) is 11.5 Å². The lowest BCUT2D eigenvalue weighted by atomic mass is 10.5. The molecule has 0 amide bonds. The number of anilines is 1. The van der Waals surface area contributed by atoms with E-state index in [1.807, 2.05) is 18.5 Å². The van der Waals surface area contributed by atoms with Crippen molar-refractivity contribution in [3.8, 4) is 0 Å². The third kappa shape index (κ3) is 2.15. The molecule has 0 atom stereocenters. The predicted octanol–water partition coefficient (Wildman–Crippen LogP) is 0.553. The maximum absolute atomic E-state index is 5.34. The average molecular weight is 257 g/mol. The lowest BCUT2D eigenvalue weighted by Gasteiger charge is -2.00. The van der Waals surface area contributed by atoms with Gasteiger partial charge in [-0.3, -0.25) is 0 Å². The Labute approximate surface area is 101 Å². The van der Waals surface area contributed by atoms with Gasteiger partial charge in [-0.25, -0.2) is 5.84 Å². The highest BCUT2D eigenvalue weighted by molar-refractivity contribution is 7.98. The molecule has 0 aliphatic heterocycles. The van der Waals surface area contributed by atoms with Gasteiger partial charge in [-0.2, -0.15) is 0 Å². The molecule has 0 radical (unpaired) electrons. The van der Waals surface area contributed by atoms with Gasteiger partial charge < -0.3 is 9.99 Å². The fraction of sp³-hybridized carbons (Fsp3) is 0.429. The Kier molecular flexibility index (Phi) is 3.36. The smallest absolute Gasteiger partial charge is 0.191 e. The monoisotopic (exact) mass is 257 g/mol. The third-order valence-electron chi connectivity index (χ3n) is 2.08. The molecule has 2 aromatic heterocycles. The molecule has 86 valence electrons. The number of nitrogens with two attached hydrogens (primary N) is 1. The standard InChI is InChI=1S/C7H11N7S2/c1-4-10-12-7(14(4)2)15-3-5-6(9-8)16-13-11-5/h9H,3,8H2,1-2H3. The van der Waals surface area contributed by atoms with E-state index >= 15 is 0 Å². The largest absolute Gasteiger partial charge is 0.313 e. The van der Waals surface area contributed by atoms with E-state index in [0.29, 0.717) is 5.75 Å². The normalized spacial score (nSPS) is 10.7. The van der Waals surface area contributed by atoms with Crippen molar-refractivity contribution in [1.29, 1.82) is 0 Å². The summed E-state index contributed by atoms with van der Waals surface area (Å²) in [5, 5.41) is 13.7. The summed E-state index contributed by atoms with van der Waals surface area (Å²) < 4.78 is 5.76. The molecule has 0 aliphatic rings. The zero-order valence-corrected chi connectivity index (χ0v) is 10.5. The van der Waals surface area contributed by atoms with Gasteiger partial charge in [-0.15, -0.1) is 15.3 Å². The van der Waals surface area contributed by atoms with E-state index in [1.165, 1.54) is 11.5 Å². The number of hydrazine groups is 1. The Bertz CT molecular complexity index is 477. The van der Waals surface area contributed by atoms with Crippen molar-refractivity contribution in [2.75, 3.05) is 5.43 Å². The number of aryl methyl sites for hydroxylation is 1. The van der Waals surface area contributed by atoms with Crippen LogP contribution in [0.5, 0.6) is 0 Å². The molecule has 0 unspecified atom stereocenters. The summed E-state index contributed by atoms with van der Waals surface area (Å²) in [6.07, 6.45) is 0. The van der Waals surface area contributed by atoms with Crippen molar-refractivity contribution in [1.82, 2.24) is 24.4 Å². The van der Waals surface area contributed by atoms with Crippen LogP contribution >= 0.6 is 23.3 Å². The van der Waals surface area contributed by atoms with Gasteiger partial charge in [-0.1, -0.05) is 16.3 Å². The second-order valence-electron chi connectivity index (χ2n) is 3.07. The average Bonchev–Trinajstić information content (AvgIpc) is 2.86. The van der Waals surface area contributed by atoms with Gasteiger partial charge in [0.2, 0.25) is 0 Å². The summed E-state index contributed by atoms with van der Waals surface area (Å²) in [5.74, 6) is 6.89. The van der Waals surface area contributed by atoms with Gasteiger partial charge in [0.05, 0.1) is 0 Å². The zero-order valence-electron chi connectivity index (χ0n) is 8.84. The first-order valence-corrected chi connectivity index (χ1v) is 6.25. The molecule has 0 bridgehead atoms. The van der Waals surface area contributed by atoms with Crippen LogP contribution in [0.3, 0.4) is 0 Å². The van der Waals surface area contributed by atoms with Crippen LogP contribution in [-0.4, -0.2) is 24.4 Å². The highest BCUT2D eigenvalue weighted by Gasteiger charge is 2.10. The molecule has 9 heteroatoms. The summed E-state index contributed by atoms with van der Waals surface area (Å²) >= 11 is 2.79. The summed E-state index contributed by atoms with van der Waals surface area (Å²) in [5.41, 5.74) is 3.40. The fourth-order valence-electron chi connectivity index (χ4n) is 1.06. The molecule has 2 rings (SSSR count). The van der Waals surface area contributed by atoms with Crippen LogP contribution in [0.2, 0.25) is 0 Å². The van der Waals surface area contributed by atoms with Crippen LogP contribution in [0.25, 0.3) is 0 Å². The highest BCUT2D eigenvalue weighted by atomic mass is 32.2. The van der Waals surface area contributed by atoms with Gasteiger partial charge in [-0.05, 0) is 6.92 Å². The van der Waals surface area contributed by atoms with Crippen LogP contribution < -0.4 is 11.3 Å². The minimum Gasteiger partial charge on any atom is -0.313 e. The zero-order chi connectivity index (χ0) is 11.5. The molecule has 0 saturated carbocycles. The predicted molar refractivity (Wildman–Crippen MR) is 63.0 cm³/mol. The van der Waals surface area contributed by atoms with Crippen LogP contribution in [-0.2, 0) is 12.8 Å². The van der Waals surface area contributed by atoms with E-state index in [4.69, 9.17) is 5.84 Å². The molecule has 3 N–H and O–H groups in total. The maximum atomic E-state index is 5.34. The van der Waals surface area contributed by atoms with Crippen molar-refractivity contribution >= 4 is 28.3 Å². The molecule has 0 saturated heterocycles. The number of nitrogens with zero attached hydrogens (tertiary/aromatic N) is 5.